The van der Waals surface area contributed by atoms with E-state index in [0.717, 1.165) is 0 Å². The molecule has 15 heavy (non-hydrogen) atoms. The van der Waals surface area contributed by atoms with Crippen LogP contribution in [0.4, 0.5) is 15.3 Å². The topological polar surface area (TPSA) is 91.1 Å². The van der Waals surface area contributed by atoms with Gasteiger partial charge in [-0.05, 0) is 18.2 Å². The summed E-state index contributed by atoms with van der Waals surface area (Å²) in [6.45, 7) is 0. The largest absolute Gasteiger partial charge is 0.462 e. The summed E-state index contributed by atoms with van der Waals surface area (Å²) in [7, 11) is 0. The normalized spacial score (nSPS) is 10.2. The first-order valence-corrected chi connectivity index (χ1v) is 4.17. The Bertz CT molecular complexity index is 419. The number of urea groups is 1. The minimum absolute atomic E-state index is 0.414. The van der Waals surface area contributed by atoms with E-state index in [1.807, 2.05) is 0 Å². The first-order valence-electron chi connectivity index (χ1n) is 3.79. The van der Waals surface area contributed by atoms with E-state index < -0.39 is 12.1 Å². The Kier molecular flexibility index (Phi) is 3.75. The van der Waals surface area contributed by atoms with Crippen LogP contribution in [0.2, 0.25) is 5.02 Å². The van der Waals surface area contributed by atoms with E-state index in [4.69, 9.17) is 16.7 Å². The highest BCUT2D eigenvalue weighted by molar-refractivity contribution is 6.30. The van der Waals surface area contributed by atoms with Crippen molar-refractivity contribution in [3.05, 3.63) is 29.3 Å². The van der Waals surface area contributed by atoms with E-state index in [0.29, 0.717) is 10.7 Å². The van der Waals surface area contributed by atoms with Crippen LogP contribution in [0.5, 0.6) is 0 Å². The van der Waals surface area contributed by atoms with Crippen molar-refractivity contribution in [3.8, 4) is 0 Å². The number of hydrogen-bond acceptors (Lipinski definition) is 2. The predicted molar refractivity (Wildman–Crippen MR) is 53.4 cm³/mol. The van der Waals surface area contributed by atoms with E-state index in [1.165, 1.54) is 6.07 Å². The summed E-state index contributed by atoms with van der Waals surface area (Å²) in [5.41, 5.74) is 0.414. The number of azo groups is 1. The number of hydrogen-bond donors (Lipinski definition) is 2. The molecule has 0 bridgehead atoms. The number of carboxylic acid groups (broad SMARTS) is 1. The second kappa shape index (κ2) is 5.06. The van der Waals surface area contributed by atoms with Crippen LogP contribution in [0.1, 0.15) is 0 Å². The number of amides is 3. The minimum atomic E-state index is -1.53. The predicted octanol–water partition coefficient (Wildman–Crippen LogP) is 3.00. The van der Waals surface area contributed by atoms with Gasteiger partial charge in [0, 0.05) is 10.7 Å². The summed E-state index contributed by atoms with van der Waals surface area (Å²) < 4.78 is 0. The fraction of sp³-hybridized carbons (Fsp3) is 0. The standard InChI is InChI=1S/C8H6ClN3O3/c9-5-2-1-3-6(4-5)10-7(13)11-12-8(14)15/h1-4H,(H,10,13)(H,14,15)/b12-11+. The van der Waals surface area contributed by atoms with Crippen LogP contribution in [0.25, 0.3) is 0 Å². The van der Waals surface area contributed by atoms with Gasteiger partial charge in [-0.1, -0.05) is 27.9 Å². The highest BCUT2D eigenvalue weighted by Gasteiger charge is 2.01. The molecule has 0 atom stereocenters. The molecule has 1 aromatic carbocycles. The molecule has 0 aliphatic heterocycles. The maximum absolute atomic E-state index is 11.0. The molecule has 6 nitrogen and oxygen atoms in total. The van der Waals surface area contributed by atoms with Gasteiger partial charge in [0.05, 0.1) is 0 Å². The number of halogens is 1. The lowest BCUT2D eigenvalue weighted by Gasteiger charge is -1.99. The third-order valence-corrected chi connectivity index (χ3v) is 1.54. The maximum atomic E-state index is 11.0. The Morgan fingerprint density at radius 2 is 2.07 bits per heavy atom. The Morgan fingerprint density at radius 1 is 1.33 bits per heavy atom. The highest BCUT2D eigenvalue weighted by Crippen LogP contribution is 2.14. The SMILES string of the molecule is O=C(O)/N=N/C(=O)Nc1cccc(Cl)c1. The molecule has 0 saturated carbocycles. The van der Waals surface area contributed by atoms with Gasteiger partial charge < -0.3 is 10.4 Å². The van der Waals surface area contributed by atoms with Crippen LogP contribution >= 0.6 is 11.6 Å². The molecule has 78 valence electrons. The lowest BCUT2D eigenvalue weighted by molar-refractivity contribution is 0.203. The first kappa shape index (κ1) is 11.1. The van der Waals surface area contributed by atoms with Crippen molar-refractivity contribution in [2.24, 2.45) is 10.2 Å². The number of rotatable bonds is 1. The van der Waals surface area contributed by atoms with Crippen molar-refractivity contribution in [3.63, 3.8) is 0 Å². The van der Waals surface area contributed by atoms with Gasteiger partial charge in [-0.15, -0.1) is 0 Å². The number of carbonyl (C=O) groups excluding carboxylic acids is 1. The molecule has 0 aromatic heterocycles. The van der Waals surface area contributed by atoms with Crippen molar-refractivity contribution >= 4 is 29.4 Å². The van der Waals surface area contributed by atoms with Gasteiger partial charge in [-0.25, -0.2) is 9.59 Å². The Balaban J connectivity index is 2.63. The first-order chi connectivity index (χ1) is 7.08. The van der Waals surface area contributed by atoms with Crippen LogP contribution < -0.4 is 5.32 Å². The number of benzene rings is 1. The number of anilines is 1. The molecule has 7 heteroatoms. The molecule has 0 radical (unpaired) electrons. The lowest BCUT2D eigenvalue weighted by atomic mass is 10.3. The van der Waals surface area contributed by atoms with Crippen LogP contribution in [0.15, 0.2) is 34.5 Å². The number of nitrogens with zero attached hydrogens (tertiary/aromatic N) is 2. The van der Waals surface area contributed by atoms with Crippen LogP contribution in [-0.2, 0) is 0 Å². The lowest BCUT2D eigenvalue weighted by Crippen LogP contribution is -2.05. The Morgan fingerprint density at radius 3 is 2.67 bits per heavy atom. The summed E-state index contributed by atoms with van der Waals surface area (Å²) in [6.07, 6.45) is -1.53. The van der Waals surface area contributed by atoms with Crippen LogP contribution in [0.3, 0.4) is 0 Å². The van der Waals surface area contributed by atoms with Gasteiger partial charge in [0.15, 0.2) is 0 Å². The van der Waals surface area contributed by atoms with Gasteiger partial charge in [0.25, 0.3) is 0 Å². The molecule has 1 aromatic rings. The monoisotopic (exact) mass is 227 g/mol. The van der Waals surface area contributed by atoms with Crippen LogP contribution in [-0.4, -0.2) is 17.2 Å². The summed E-state index contributed by atoms with van der Waals surface area (Å²) in [5.74, 6) is 0. The second-order valence-corrected chi connectivity index (χ2v) is 2.86. The molecule has 2 N–H and O–H groups in total. The second-order valence-electron chi connectivity index (χ2n) is 2.42. The number of nitrogens with one attached hydrogen (secondary N) is 1. The van der Waals surface area contributed by atoms with E-state index in [9.17, 15) is 9.59 Å². The third kappa shape index (κ3) is 4.19. The smallest absolute Gasteiger partial charge is 0.450 e. The zero-order chi connectivity index (χ0) is 11.3. The molecule has 0 heterocycles. The fourth-order valence-electron chi connectivity index (χ4n) is 0.803. The average molecular weight is 228 g/mol. The molecule has 0 fully saturated rings. The molecule has 0 aliphatic rings. The molecule has 0 unspecified atom stereocenters. The minimum Gasteiger partial charge on any atom is -0.462 e. The van der Waals surface area contributed by atoms with Gasteiger partial charge in [0.1, 0.15) is 0 Å². The molecule has 0 spiro atoms. The fourth-order valence-corrected chi connectivity index (χ4v) is 0.993. The zero-order valence-electron chi connectivity index (χ0n) is 7.35. The van der Waals surface area contributed by atoms with Crippen molar-refractivity contribution in [2.45, 2.75) is 0 Å². The zero-order valence-corrected chi connectivity index (χ0v) is 8.10. The van der Waals surface area contributed by atoms with Crippen molar-refractivity contribution < 1.29 is 14.7 Å². The summed E-state index contributed by atoms with van der Waals surface area (Å²) >= 11 is 5.66. The van der Waals surface area contributed by atoms with E-state index in [-0.39, 0.29) is 0 Å². The number of carbonyl (C=O) groups is 2. The van der Waals surface area contributed by atoms with E-state index >= 15 is 0 Å². The quantitative estimate of drug-likeness (QED) is 0.723. The van der Waals surface area contributed by atoms with Gasteiger partial charge >= 0.3 is 12.1 Å². The van der Waals surface area contributed by atoms with E-state index in [1.54, 1.807) is 18.2 Å². The molecular formula is C8H6ClN3O3. The molecule has 0 saturated heterocycles. The molecule has 0 aliphatic carbocycles. The molecule has 1 rings (SSSR count). The van der Waals surface area contributed by atoms with E-state index in [2.05, 4.69) is 15.5 Å². The summed E-state index contributed by atoms with van der Waals surface area (Å²) in [5, 5.41) is 16.4. The van der Waals surface area contributed by atoms with Gasteiger partial charge in [-0.3, -0.25) is 0 Å². The Labute approximate surface area is 89.6 Å². The molecular weight excluding hydrogens is 222 g/mol. The van der Waals surface area contributed by atoms with Gasteiger partial charge in [-0.2, -0.15) is 0 Å². The van der Waals surface area contributed by atoms with Gasteiger partial charge in [0.2, 0.25) is 0 Å². The Hall–Kier alpha value is -1.95. The van der Waals surface area contributed by atoms with Crippen molar-refractivity contribution in [1.82, 2.24) is 0 Å². The molecule has 3 amide bonds. The average Bonchev–Trinajstić information content (AvgIpc) is 2.15. The van der Waals surface area contributed by atoms with Crippen molar-refractivity contribution in [1.29, 1.82) is 0 Å². The summed E-state index contributed by atoms with van der Waals surface area (Å²) in [4.78, 5) is 20.9. The summed E-state index contributed by atoms with van der Waals surface area (Å²) in [6, 6.07) is 5.47. The highest BCUT2D eigenvalue weighted by atomic mass is 35.5. The van der Waals surface area contributed by atoms with Crippen LogP contribution in [0, 0.1) is 0 Å². The maximum Gasteiger partial charge on any atom is 0.450 e. The van der Waals surface area contributed by atoms with Crippen molar-refractivity contribution in [2.75, 3.05) is 5.32 Å². The third-order valence-electron chi connectivity index (χ3n) is 1.30.